The zero-order valence-electron chi connectivity index (χ0n) is 10.7. The van der Waals surface area contributed by atoms with Gasteiger partial charge in [-0.15, -0.1) is 0 Å². The molecule has 0 bridgehead atoms. The summed E-state index contributed by atoms with van der Waals surface area (Å²) in [5.74, 6) is 0. The molecule has 0 aromatic heterocycles. The highest BCUT2D eigenvalue weighted by molar-refractivity contribution is 7.61. The maximum Gasteiger partial charge on any atom is 0.416 e. The van der Waals surface area contributed by atoms with Crippen molar-refractivity contribution < 1.29 is 30.9 Å². The van der Waals surface area contributed by atoms with Crippen LogP contribution in [0.4, 0.5) is 26.3 Å². The molecule has 0 saturated carbocycles. The molecule has 0 spiro atoms. The summed E-state index contributed by atoms with van der Waals surface area (Å²) in [5.41, 5.74) is -2.00. The third-order valence-electron chi connectivity index (χ3n) is 2.82. The van der Waals surface area contributed by atoms with Gasteiger partial charge in [0.25, 0.3) is 0 Å². The first kappa shape index (κ1) is 16.5. The molecule has 2 aromatic carbocycles. The van der Waals surface area contributed by atoms with Crippen LogP contribution >= 0.6 is 7.80 Å². The Morgan fingerprint density at radius 3 is 1.36 bits per heavy atom. The van der Waals surface area contributed by atoms with Crippen LogP contribution in [0.5, 0.6) is 0 Å². The minimum Gasteiger partial charge on any atom is -0.166 e. The van der Waals surface area contributed by atoms with Crippen molar-refractivity contribution in [3.63, 3.8) is 0 Å². The lowest BCUT2D eigenvalue weighted by atomic mass is 10.2. The van der Waals surface area contributed by atoms with Gasteiger partial charge in [0, 0.05) is 12.1 Å². The van der Waals surface area contributed by atoms with Gasteiger partial charge in [-0.3, -0.25) is 0 Å². The second-order valence-corrected chi connectivity index (χ2v) is 6.01. The predicted molar refractivity (Wildman–Crippen MR) is 69.8 cm³/mol. The summed E-state index contributed by atoms with van der Waals surface area (Å²) in [6.45, 7) is 0. The zero-order valence-corrected chi connectivity index (χ0v) is 11.6. The SMILES string of the molecule is O=[P+](c1cccc(C(F)(F)F)c1)c1cccc(C(F)(F)F)c1. The van der Waals surface area contributed by atoms with Crippen LogP contribution in [-0.2, 0) is 16.9 Å². The lowest BCUT2D eigenvalue weighted by Crippen LogP contribution is -2.14. The fraction of sp³-hybridized carbons (Fsp3) is 0.143. The summed E-state index contributed by atoms with van der Waals surface area (Å²) in [6, 6.07) is 7.48. The van der Waals surface area contributed by atoms with E-state index in [9.17, 15) is 30.9 Å². The third-order valence-corrected chi connectivity index (χ3v) is 4.31. The molecule has 2 rings (SSSR count). The second kappa shape index (κ2) is 5.72. The maximum atomic E-state index is 12.6. The number of alkyl halides is 6. The quantitative estimate of drug-likeness (QED) is 0.582. The predicted octanol–water partition coefficient (Wildman–Crippen LogP) is 4.50. The summed E-state index contributed by atoms with van der Waals surface area (Å²) in [7, 11) is -2.55. The standard InChI is InChI=1S/C14H8F6OP/c15-13(16,17)9-3-1-5-11(7-9)22(21)12-6-2-4-10(8-12)14(18,19)20/h1-8H/q+1. The van der Waals surface area contributed by atoms with Crippen molar-refractivity contribution in [1.29, 1.82) is 0 Å². The summed E-state index contributed by atoms with van der Waals surface area (Å²) >= 11 is 0. The molecule has 0 N–H and O–H groups in total. The third kappa shape index (κ3) is 3.65. The Hall–Kier alpha value is -1.88. The van der Waals surface area contributed by atoms with E-state index in [4.69, 9.17) is 0 Å². The summed E-state index contributed by atoms with van der Waals surface area (Å²) in [6.07, 6.45) is -9.22. The molecule has 0 amide bonds. The van der Waals surface area contributed by atoms with E-state index in [-0.39, 0.29) is 10.6 Å². The molecule has 0 aliphatic carbocycles. The lowest BCUT2D eigenvalue weighted by molar-refractivity contribution is -0.138. The van der Waals surface area contributed by atoms with Gasteiger partial charge in [0.15, 0.2) is 10.6 Å². The number of halogens is 6. The van der Waals surface area contributed by atoms with E-state index < -0.39 is 31.3 Å². The molecule has 2 aromatic rings. The topological polar surface area (TPSA) is 17.1 Å². The second-order valence-electron chi connectivity index (χ2n) is 4.39. The Balaban J connectivity index is 2.41. The van der Waals surface area contributed by atoms with E-state index in [1.807, 2.05) is 0 Å². The molecule has 1 nitrogen and oxygen atoms in total. The fourth-order valence-electron chi connectivity index (χ4n) is 1.77. The molecule has 0 fully saturated rings. The maximum absolute atomic E-state index is 12.6. The van der Waals surface area contributed by atoms with Crippen LogP contribution in [0.15, 0.2) is 48.5 Å². The minimum absolute atomic E-state index is 0.177. The zero-order chi connectivity index (χ0) is 16.5. The van der Waals surface area contributed by atoms with Gasteiger partial charge in [-0.1, -0.05) is 16.7 Å². The van der Waals surface area contributed by atoms with E-state index in [1.54, 1.807) is 0 Å². The van der Waals surface area contributed by atoms with E-state index in [2.05, 4.69) is 0 Å². The van der Waals surface area contributed by atoms with E-state index in [0.717, 1.165) is 24.3 Å². The molecule has 0 unspecified atom stereocenters. The highest BCUT2D eigenvalue weighted by Crippen LogP contribution is 2.32. The van der Waals surface area contributed by atoms with Crippen LogP contribution in [0.3, 0.4) is 0 Å². The van der Waals surface area contributed by atoms with Crippen molar-refractivity contribution in [2.24, 2.45) is 0 Å². The van der Waals surface area contributed by atoms with Gasteiger partial charge >= 0.3 is 20.2 Å². The number of rotatable bonds is 2. The Morgan fingerprint density at radius 2 is 1.05 bits per heavy atom. The average Bonchev–Trinajstić information content (AvgIpc) is 2.45. The van der Waals surface area contributed by atoms with Gasteiger partial charge in [0.1, 0.15) is 0 Å². The minimum atomic E-state index is -4.61. The van der Waals surface area contributed by atoms with Crippen LogP contribution in [0, 0.1) is 0 Å². The first-order valence-corrected chi connectivity index (χ1v) is 7.17. The van der Waals surface area contributed by atoms with Crippen LogP contribution in [-0.4, -0.2) is 0 Å². The molecular weight excluding hydrogens is 329 g/mol. The van der Waals surface area contributed by atoms with Crippen molar-refractivity contribution in [1.82, 2.24) is 0 Å². The first-order chi connectivity index (χ1) is 10.1. The molecule has 0 aliphatic rings. The number of benzene rings is 2. The summed E-state index contributed by atoms with van der Waals surface area (Å²) in [5, 5.41) is -0.353. The first-order valence-electron chi connectivity index (χ1n) is 5.91. The van der Waals surface area contributed by atoms with Crippen molar-refractivity contribution in [2.45, 2.75) is 12.4 Å². The normalized spacial score (nSPS) is 12.3. The number of hydrogen-bond donors (Lipinski definition) is 0. The highest BCUT2D eigenvalue weighted by atomic mass is 31.1. The van der Waals surface area contributed by atoms with Crippen LogP contribution in [0.1, 0.15) is 11.1 Å². The lowest BCUT2D eigenvalue weighted by Gasteiger charge is -2.06. The molecule has 0 radical (unpaired) electrons. The average molecular weight is 337 g/mol. The highest BCUT2D eigenvalue weighted by Gasteiger charge is 2.35. The van der Waals surface area contributed by atoms with E-state index in [1.165, 1.54) is 12.1 Å². The van der Waals surface area contributed by atoms with Crippen molar-refractivity contribution in [2.75, 3.05) is 0 Å². The molecule has 22 heavy (non-hydrogen) atoms. The van der Waals surface area contributed by atoms with Crippen LogP contribution in [0.25, 0.3) is 0 Å². The van der Waals surface area contributed by atoms with Crippen LogP contribution in [0.2, 0.25) is 0 Å². The molecule has 0 atom stereocenters. The van der Waals surface area contributed by atoms with Gasteiger partial charge in [-0.05, 0) is 24.3 Å². The fourth-order valence-corrected chi connectivity index (χ4v) is 3.02. The van der Waals surface area contributed by atoms with Gasteiger partial charge in [-0.25, -0.2) is 0 Å². The van der Waals surface area contributed by atoms with Gasteiger partial charge in [0.2, 0.25) is 0 Å². The number of hydrogen-bond acceptors (Lipinski definition) is 1. The molecule has 116 valence electrons. The molecule has 0 heterocycles. The molecule has 0 aliphatic heterocycles. The Bertz CT molecular complexity index is 645. The van der Waals surface area contributed by atoms with Gasteiger partial charge in [0.05, 0.1) is 11.1 Å². The molecular formula is C14H8F6OP+. The largest absolute Gasteiger partial charge is 0.416 e. The van der Waals surface area contributed by atoms with Crippen LogP contribution < -0.4 is 10.6 Å². The smallest absolute Gasteiger partial charge is 0.166 e. The van der Waals surface area contributed by atoms with Gasteiger partial charge < -0.3 is 0 Å². The van der Waals surface area contributed by atoms with Gasteiger partial charge in [-0.2, -0.15) is 26.3 Å². The van der Waals surface area contributed by atoms with E-state index in [0.29, 0.717) is 12.1 Å². The Labute approximate surface area is 122 Å². The van der Waals surface area contributed by atoms with Crippen molar-refractivity contribution in [3.05, 3.63) is 59.7 Å². The monoisotopic (exact) mass is 337 g/mol. The van der Waals surface area contributed by atoms with E-state index >= 15 is 0 Å². The van der Waals surface area contributed by atoms with Crippen molar-refractivity contribution in [3.8, 4) is 0 Å². The summed E-state index contributed by atoms with van der Waals surface area (Å²) < 4.78 is 87.9. The summed E-state index contributed by atoms with van der Waals surface area (Å²) in [4.78, 5) is 0. The van der Waals surface area contributed by atoms with Crippen molar-refractivity contribution >= 4 is 18.4 Å². The Morgan fingerprint density at radius 1 is 0.682 bits per heavy atom. The Kier molecular flexibility index (Phi) is 4.29. The molecule has 8 heteroatoms. The molecule has 0 saturated heterocycles.